The van der Waals surface area contributed by atoms with Crippen molar-refractivity contribution < 1.29 is 9.59 Å². The molecule has 0 radical (unpaired) electrons. The van der Waals surface area contributed by atoms with Gasteiger partial charge in [-0.2, -0.15) is 0 Å². The highest BCUT2D eigenvalue weighted by Gasteiger charge is 2.31. The molecule has 0 saturated heterocycles. The average Bonchev–Trinajstić information content (AvgIpc) is 2.62. The lowest BCUT2D eigenvalue weighted by Crippen LogP contribution is -2.31. The van der Waals surface area contributed by atoms with Gasteiger partial charge >= 0.3 is 0 Å². The molecule has 0 heterocycles. The SMILES string of the molecule is C=C/C(=C\C(=C)NC(C=O)CCC(=O)NC)C1CCC(C2CCC2)CC1. The number of carbonyl (C=O) groups is 2. The topological polar surface area (TPSA) is 58.2 Å². The number of hydrogen-bond donors (Lipinski definition) is 2. The van der Waals surface area contributed by atoms with Crippen LogP contribution in [0, 0.1) is 17.8 Å². The van der Waals surface area contributed by atoms with E-state index in [1.165, 1.54) is 50.5 Å². The van der Waals surface area contributed by atoms with Crippen LogP contribution in [-0.2, 0) is 9.59 Å². The highest BCUT2D eigenvalue weighted by Crippen LogP contribution is 2.43. The van der Waals surface area contributed by atoms with Gasteiger partial charge in [0.1, 0.15) is 6.29 Å². The number of nitrogens with one attached hydrogen (secondary N) is 2. The fourth-order valence-corrected chi connectivity index (χ4v) is 4.25. The van der Waals surface area contributed by atoms with Crippen LogP contribution in [0.1, 0.15) is 57.8 Å². The van der Waals surface area contributed by atoms with E-state index in [1.54, 1.807) is 7.05 Å². The van der Waals surface area contributed by atoms with Crippen molar-refractivity contribution >= 4 is 12.2 Å². The molecule has 1 unspecified atom stereocenters. The van der Waals surface area contributed by atoms with Crippen LogP contribution in [0.15, 0.2) is 36.6 Å². The molecule has 2 aliphatic carbocycles. The fraction of sp³-hybridized carbons (Fsp3) is 0.636. The number of amides is 1. The largest absolute Gasteiger partial charge is 0.376 e. The molecule has 4 nitrogen and oxygen atoms in total. The summed E-state index contributed by atoms with van der Waals surface area (Å²) in [6, 6.07) is -0.392. The Morgan fingerprint density at radius 2 is 1.81 bits per heavy atom. The molecule has 2 saturated carbocycles. The summed E-state index contributed by atoms with van der Waals surface area (Å²) in [6.07, 6.45) is 15.0. The predicted molar refractivity (Wildman–Crippen MR) is 106 cm³/mol. The van der Waals surface area contributed by atoms with E-state index in [0.29, 0.717) is 18.8 Å². The normalized spacial score (nSPS) is 24.9. The van der Waals surface area contributed by atoms with Crippen LogP contribution in [0.25, 0.3) is 0 Å². The Morgan fingerprint density at radius 1 is 1.15 bits per heavy atom. The molecule has 2 fully saturated rings. The molecule has 2 N–H and O–H groups in total. The minimum Gasteiger partial charge on any atom is -0.376 e. The first kappa shape index (κ1) is 20.5. The lowest BCUT2D eigenvalue weighted by molar-refractivity contribution is -0.120. The molecule has 1 atom stereocenters. The van der Waals surface area contributed by atoms with Gasteiger partial charge in [-0.05, 0) is 61.5 Å². The summed E-state index contributed by atoms with van der Waals surface area (Å²) < 4.78 is 0. The third-order valence-corrected chi connectivity index (χ3v) is 6.13. The van der Waals surface area contributed by atoms with Crippen LogP contribution < -0.4 is 10.6 Å². The smallest absolute Gasteiger partial charge is 0.219 e. The minimum atomic E-state index is -0.392. The summed E-state index contributed by atoms with van der Waals surface area (Å²) in [7, 11) is 1.60. The van der Waals surface area contributed by atoms with Gasteiger partial charge in [-0.15, -0.1) is 0 Å². The van der Waals surface area contributed by atoms with Crippen LogP contribution >= 0.6 is 0 Å². The summed E-state index contributed by atoms with van der Waals surface area (Å²) in [5, 5.41) is 5.70. The summed E-state index contributed by atoms with van der Waals surface area (Å²) in [5.74, 6) is 2.40. The van der Waals surface area contributed by atoms with Crippen molar-refractivity contribution in [2.24, 2.45) is 17.8 Å². The Kier molecular flexibility index (Phi) is 8.14. The van der Waals surface area contributed by atoms with Crippen molar-refractivity contribution in [2.45, 2.75) is 63.8 Å². The molecule has 4 heteroatoms. The average molecular weight is 359 g/mol. The molecule has 0 aromatic carbocycles. The molecule has 144 valence electrons. The lowest BCUT2D eigenvalue weighted by atomic mass is 9.67. The van der Waals surface area contributed by atoms with Crippen molar-refractivity contribution in [2.75, 3.05) is 7.05 Å². The van der Waals surface area contributed by atoms with E-state index < -0.39 is 6.04 Å². The van der Waals surface area contributed by atoms with Gasteiger partial charge in [0, 0.05) is 19.2 Å². The van der Waals surface area contributed by atoms with Crippen LogP contribution in [-0.4, -0.2) is 25.3 Å². The first-order valence-electron chi connectivity index (χ1n) is 10.0. The second-order valence-corrected chi connectivity index (χ2v) is 7.78. The third kappa shape index (κ3) is 5.86. The van der Waals surface area contributed by atoms with Gasteiger partial charge in [0.05, 0.1) is 6.04 Å². The Bertz CT molecular complexity index is 540. The molecule has 0 aromatic heterocycles. The van der Waals surface area contributed by atoms with Crippen molar-refractivity contribution in [1.29, 1.82) is 0 Å². The Hall–Kier alpha value is -1.84. The minimum absolute atomic E-state index is 0.0604. The van der Waals surface area contributed by atoms with Gasteiger partial charge < -0.3 is 15.4 Å². The maximum absolute atomic E-state index is 11.3. The van der Waals surface area contributed by atoms with Crippen LogP contribution in [0.4, 0.5) is 0 Å². The number of rotatable bonds is 10. The second kappa shape index (κ2) is 10.3. The highest BCUT2D eigenvalue weighted by atomic mass is 16.1. The van der Waals surface area contributed by atoms with E-state index in [2.05, 4.69) is 23.8 Å². The van der Waals surface area contributed by atoms with E-state index in [-0.39, 0.29) is 5.91 Å². The van der Waals surface area contributed by atoms with E-state index in [1.807, 2.05) is 12.2 Å². The summed E-state index contributed by atoms with van der Waals surface area (Å²) in [5.41, 5.74) is 1.93. The van der Waals surface area contributed by atoms with Gasteiger partial charge in [0.2, 0.25) is 5.91 Å². The maximum Gasteiger partial charge on any atom is 0.219 e. The Labute approximate surface area is 158 Å². The molecular formula is C22H34N2O2. The van der Waals surface area contributed by atoms with Crippen molar-refractivity contribution in [1.82, 2.24) is 10.6 Å². The molecule has 1 amide bonds. The van der Waals surface area contributed by atoms with Crippen LogP contribution in [0.3, 0.4) is 0 Å². The van der Waals surface area contributed by atoms with Gasteiger partial charge in [0.25, 0.3) is 0 Å². The lowest BCUT2D eigenvalue weighted by Gasteiger charge is -2.38. The number of carbonyl (C=O) groups excluding carboxylic acids is 2. The standard InChI is InChI=1S/C22H34N2O2/c1-4-17(19-8-10-20(11-9-19)18-6-5-7-18)14-16(2)24-21(15-25)12-13-22(26)23-3/h4,14-15,18-21,24H,1-2,5-13H2,3H3,(H,23,26)/b17-14+. The zero-order valence-corrected chi connectivity index (χ0v) is 16.1. The maximum atomic E-state index is 11.3. The highest BCUT2D eigenvalue weighted by molar-refractivity contribution is 5.76. The molecule has 2 aliphatic rings. The molecule has 2 rings (SSSR count). The van der Waals surface area contributed by atoms with E-state index in [0.717, 1.165) is 23.8 Å². The number of allylic oxidation sites excluding steroid dienone is 3. The molecule has 26 heavy (non-hydrogen) atoms. The van der Waals surface area contributed by atoms with E-state index in [9.17, 15) is 9.59 Å². The fourth-order valence-electron chi connectivity index (χ4n) is 4.25. The molecular weight excluding hydrogens is 324 g/mol. The number of aldehydes is 1. The van der Waals surface area contributed by atoms with Gasteiger partial charge in [0.15, 0.2) is 0 Å². The molecule has 0 aliphatic heterocycles. The first-order valence-corrected chi connectivity index (χ1v) is 10.0. The molecule has 0 aromatic rings. The van der Waals surface area contributed by atoms with Crippen molar-refractivity contribution in [3.8, 4) is 0 Å². The molecule has 0 spiro atoms. The summed E-state index contributed by atoms with van der Waals surface area (Å²) in [6.45, 7) is 8.02. The first-order chi connectivity index (χ1) is 12.6. The van der Waals surface area contributed by atoms with Crippen molar-refractivity contribution in [3.63, 3.8) is 0 Å². The van der Waals surface area contributed by atoms with Crippen LogP contribution in [0.5, 0.6) is 0 Å². The summed E-state index contributed by atoms with van der Waals surface area (Å²) >= 11 is 0. The second-order valence-electron chi connectivity index (χ2n) is 7.78. The zero-order valence-electron chi connectivity index (χ0n) is 16.1. The quantitative estimate of drug-likeness (QED) is 0.460. The van der Waals surface area contributed by atoms with Crippen molar-refractivity contribution in [3.05, 3.63) is 36.6 Å². The predicted octanol–water partition coefficient (Wildman–Crippen LogP) is 3.90. The zero-order chi connectivity index (χ0) is 18.9. The third-order valence-electron chi connectivity index (χ3n) is 6.13. The van der Waals surface area contributed by atoms with E-state index >= 15 is 0 Å². The number of hydrogen-bond acceptors (Lipinski definition) is 3. The summed E-state index contributed by atoms with van der Waals surface area (Å²) in [4.78, 5) is 22.6. The Balaban J connectivity index is 1.84. The van der Waals surface area contributed by atoms with Gasteiger partial charge in [-0.25, -0.2) is 0 Å². The van der Waals surface area contributed by atoms with E-state index in [4.69, 9.17) is 0 Å². The molecule has 0 bridgehead atoms. The van der Waals surface area contributed by atoms with Gasteiger partial charge in [-0.1, -0.05) is 38.5 Å². The van der Waals surface area contributed by atoms with Crippen LogP contribution in [0.2, 0.25) is 0 Å². The van der Waals surface area contributed by atoms with Gasteiger partial charge in [-0.3, -0.25) is 4.79 Å². The Morgan fingerprint density at radius 3 is 2.31 bits per heavy atom. The monoisotopic (exact) mass is 358 g/mol.